The summed E-state index contributed by atoms with van der Waals surface area (Å²) in [5, 5.41) is 0.997. The molecule has 1 atom stereocenters. The Morgan fingerprint density at radius 1 is 1.00 bits per heavy atom. The molecule has 0 aliphatic carbocycles. The molecule has 32 heavy (non-hydrogen) atoms. The number of nitrogens with two attached hydrogens (primary N) is 1. The standard InChI is InChI=1S/C27H27NO4/c1-3-30-27(29)15-22-7-4-5-10-25(22)31-16-23-17-32-26-12-11-21(14-24(23)26)20-9-6-8-19(13-20)18(2)28/h4-14,17-18H,3,15-16,28H2,1-2H3/t18-/m1/s1. The van der Waals surface area contributed by atoms with Gasteiger partial charge < -0.3 is 19.6 Å². The maximum Gasteiger partial charge on any atom is 0.310 e. The molecule has 1 heterocycles. The van der Waals surface area contributed by atoms with Crippen LogP contribution in [0.1, 0.15) is 36.6 Å². The quantitative estimate of drug-likeness (QED) is 0.358. The summed E-state index contributed by atoms with van der Waals surface area (Å²) in [6, 6.07) is 21.9. The molecular formula is C27H27NO4. The maximum absolute atomic E-state index is 11.9. The topological polar surface area (TPSA) is 74.7 Å². The lowest BCUT2D eigenvalue weighted by Gasteiger charge is -2.11. The lowest BCUT2D eigenvalue weighted by molar-refractivity contribution is -0.142. The SMILES string of the molecule is CCOC(=O)Cc1ccccc1OCc1coc2ccc(-c3cccc([C@@H](C)N)c3)cc12. The van der Waals surface area contributed by atoms with E-state index in [9.17, 15) is 4.79 Å². The fourth-order valence-corrected chi connectivity index (χ4v) is 3.69. The van der Waals surface area contributed by atoms with Gasteiger partial charge in [0.25, 0.3) is 0 Å². The van der Waals surface area contributed by atoms with Crippen LogP contribution in [0.25, 0.3) is 22.1 Å². The van der Waals surface area contributed by atoms with Gasteiger partial charge in [0.1, 0.15) is 17.9 Å². The van der Waals surface area contributed by atoms with Crippen molar-refractivity contribution >= 4 is 16.9 Å². The van der Waals surface area contributed by atoms with E-state index in [0.29, 0.717) is 19.0 Å². The third-order valence-electron chi connectivity index (χ3n) is 5.40. The largest absolute Gasteiger partial charge is 0.488 e. The minimum atomic E-state index is -0.268. The molecule has 4 aromatic rings. The number of rotatable bonds is 8. The Hall–Kier alpha value is -3.57. The Balaban J connectivity index is 1.57. The van der Waals surface area contributed by atoms with Gasteiger partial charge in [-0.1, -0.05) is 42.5 Å². The fraction of sp³-hybridized carbons (Fsp3) is 0.222. The molecule has 0 saturated carbocycles. The van der Waals surface area contributed by atoms with E-state index in [1.165, 1.54) is 0 Å². The van der Waals surface area contributed by atoms with Crippen molar-refractivity contribution in [2.75, 3.05) is 6.61 Å². The van der Waals surface area contributed by atoms with E-state index in [1.807, 2.05) is 55.5 Å². The molecule has 0 amide bonds. The van der Waals surface area contributed by atoms with Gasteiger partial charge >= 0.3 is 5.97 Å². The first-order valence-corrected chi connectivity index (χ1v) is 10.8. The Kier molecular flexibility index (Phi) is 6.57. The molecule has 1 aromatic heterocycles. The van der Waals surface area contributed by atoms with Crippen molar-refractivity contribution in [1.29, 1.82) is 0 Å². The minimum Gasteiger partial charge on any atom is -0.488 e. The normalized spacial score (nSPS) is 12.0. The monoisotopic (exact) mass is 429 g/mol. The van der Waals surface area contributed by atoms with Crippen molar-refractivity contribution in [3.8, 4) is 16.9 Å². The summed E-state index contributed by atoms with van der Waals surface area (Å²) in [6.07, 6.45) is 1.90. The number of ether oxygens (including phenoxy) is 2. The van der Waals surface area contributed by atoms with E-state index >= 15 is 0 Å². The van der Waals surface area contributed by atoms with Gasteiger partial charge in [0, 0.05) is 22.6 Å². The highest BCUT2D eigenvalue weighted by Gasteiger charge is 2.13. The van der Waals surface area contributed by atoms with Crippen molar-refractivity contribution in [2.24, 2.45) is 5.73 Å². The van der Waals surface area contributed by atoms with Crippen LogP contribution in [0.15, 0.2) is 77.4 Å². The molecule has 4 rings (SSSR count). The van der Waals surface area contributed by atoms with E-state index in [4.69, 9.17) is 19.6 Å². The smallest absolute Gasteiger partial charge is 0.310 e. The Morgan fingerprint density at radius 2 is 1.81 bits per heavy atom. The third-order valence-corrected chi connectivity index (χ3v) is 5.40. The number of fused-ring (bicyclic) bond motifs is 1. The number of hydrogen-bond acceptors (Lipinski definition) is 5. The molecule has 0 fully saturated rings. The number of benzene rings is 3. The second-order valence-corrected chi connectivity index (χ2v) is 7.76. The first kappa shape index (κ1) is 21.7. The summed E-state index contributed by atoms with van der Waals surface area (Å²) < 4.78 is 16.9. The van der Waals surface area contributed by atoms with Crippen LogP contribution >= 0.6 is 0 Å². The highest BCUT2D eigenvalue weighted by molar-refractivity contribution is 5.86. The van der Waals surface area contributed by atoms with Gasteiger partial charge in [0.15, 0.2) is 0 Å². The highest BCUT2D eigenvalue weighted by Crippen LogP contribution is 2.30. The van der Waals surface area contributed by atoms with Crippen LogP contribution in [0.5, 0.6) is 5.75 Å². The predicted molar refractivity (Wildman–Crippen MR) is 125 cm³/mol. The van der Waals surface area contributed by atoms with E-state index in [1.54, 1.807) is 13.2 Å². The van der Waals surface area contributed by atoms with Crippen molar-refractivity contribution in [3.05, 3.63) is 89.7 Å². The van der Waals surface area contributed by atoms with Crippen LogP contribution in [-0.4, -0.2) is 12.6 Å². The molecule has 0 saturated heterocycles. The third kappa shape index (κ3) is 4.84. The van der Waals surface area contributed by atoms with Gasteiger partial charge in [-0.3, -0.25) is 4.79 Å². The van der Waals surface area contributed by atoms with Crippen LogP contribution in [0, 0.1) is 0 Å². The summed E-state index contributed by atoms with van der Waals surface area (Å²) in [7, 11) is 0. The number of esters is 1. The van der Waals surface area contributed by atoms with Gasteiger partial charge in [-0.15, -0.1) is 0 Å². The molecule has 0 radical (unpaired) electrons. The van der Waals surface area contributed by atoms with E-state index in [0.717, 1.165) is 38.8 Å². The summed E-state index contributed by atoms with van der Waals surface area (Å²) in [5.74, 6) is 0.395. The average molecular weight is 430 g/mol. The second-order valence-electron chi connectivity index (χ2n) is 7.76. The molecule has 3 aromatic carbocycles. The van der Waals surface area contributed by atoms with Crippen LogP contribution in [-0.2, 0) is 22.6 Å². The molecule has 0 spiro atoms. The minimum absolute atomic E-state index is 0.0220. The van der Waals surface area contributed by atoms with Crippen molar-refractivity contribution in [2.45, 2.75) is 32.9 Å². The van der Waals surface area contributed by atoms with Gasteiger partial charge in [-0.2, -0.15) is 0 Å². The van der Waals surface area contributed by atoms with Crippen LogP contribution in [0.4, 0.5) is 0 Å². The molecular weight excluding hydrogens is 402 g/mol. The Morgan fingerprint density at radius 3 is 2.62 bits per heavy atom. The molecule has 5 nitrogen and oxygen atoms in total. The molecule has 0 bridgehead atoms. The highest BCUT2D eigenvalue weighted by atomic mass is 16.5. The van der Waals surface area contributed by atoms with Crippen molar-refractivity contribution in [3.63, 3.8) is 0 Å². The average Bonchev–Trinajstić information content (AvgIpc) is 3.21. The van der Waals surface area contributed by atoms with Gasteiger partial charge in [0.2, 0.25) is 0 Å². The van der Waals surface area contributed by atoms with E-state index < -0.39 is 0 Å². The zero-order chi connectivity index (χ0) is 22.5. The fourth-order valence-electron chi connectivity index (χ4n) is 3.69. The number of carbonyl (C=O) groups is 1. The summed E-state index contributed by atoms with van der Waals surface area (Å²) >= 11 is 0. The summed E-state index contributed by atoms with van der Waals surface area (Å²) in [6.45, 7) is 4.47. The van der Waals surface area contributed by atoms with Crippen LogP contribution in [0.2, 0.25) is 0 Å². The first-order chi connectivity index (χ1) is 15.5. The second kappa shape index (κ2) is 9.71. The van der Waals surface area contributed by atoms with Gasteiger partial charge in [-0.25, -0.2) is 0 Å². The van der Waals surface area contributed by atoms with Crippen molar-refractivity contribution < 1.29 is 18.7 Å². The lowest BCUT2D eigenvalue weighted by atomic mass is 9.99. The number of carbonyl (C=O) groups excluding carboxylic acids is 1. The number of furan rings is 1. The number of para-hydroxylation sites is 1. The Labute approximate surface area is 187 Å². The van der Waals surface area contributed by atoms with E-state index in [2.05, 4.69) is 18.2 Å². The Bertz CT molecular complexity index is 1230. The predicted octanol–water partition coefficient (Wildman–Crippen LogP) is 5.80. The molecule has 0 unspecified atom stereocenters. The summed E-state index contributed by atoms with van der Waals surface area (Å²) in [5.41, 5.74) is 11.9. The van der Waals surface area contributed by atoms with E-state index in [-0.39, 0.29) is 18.4 Å². The lowest BCUT2D eigenvalue weighted by Crippen LogP contribution is -2.09. The zero-order valence-corrected chi connectivity index (χ0v) is 18.3. The van der Waals surface area contributed by atoms with Gasteiger partial charge in [-0.05, 0) is 54.8 Å². The molecule has 164 valence electrons. The summed E-state index contributed by atoms with van der Waals surface area (Å²) in [4.78, 5) is 11.9. The molecule has 2 N–H and O–H groups in total. The van der Waals surface area contributed by atoms with Crippen molar-refractivity contribution in [1.82, 2.24) is 0 Å². The first-order valence-electron chi connectivity index (χ1n) is 10.8. The van der Waals surface area contributed by atoms with Crippen LogP contribution in [0.3, 0.4) is 0 Å². The molecule has 5 heteroatoms. The number of hydrogen-bond donors (Lipinski definition) is 1. The zero-order valence-electron chi connectivity index (χ0n) is 18.3. The maximum atomic E-state index is 11.9. The molecule has 0 aliphatic heterocycles. The molecule has 0 aliphatic rings. The van der Waals surface area contributed by atoms with Gasteiger partial charge in [0.05, 0.1) is 19.3 Å². The van der Waals surface area contributed by atoms with Crippen LogP contribution < -0.4 is 10.5 Å².